The first-order valence-corrected chi connectivity index (χ1v) is 8.79. The second kappa shape index (κ2) is 8.70. The van der Waals surface area contributed by atoms with Gasteiger partial charge in [0.2, 0.25) is 0 Å². The number of rotatable bonds is 7. The summed E-state index contributed by atoms with van der Waals surface area (Å²) in [5.74, 6) is 1.35. The Morgan fingerprint density at radius 3 is 2.32 bits per heavy atom. The Bertz CT molecular complexity index is 593. The molecule has 0 radical (unpaired) electrons. The first-order valence-electron chi connectivity index (χ1n) is 6.76. The fourth-order valence-corrected chi connectivity index (χ4v) is 3.88. The quantitative estimate of drug-likeness (QED) is 0.594. The number of urea groups is 1. The monoisotopic (exact) mass is 336 g/mol. The van der Waals surface area contributed by atoms with E-state index in [1.165, 1.54) is 29.6 Å². The van der Waals surface area contributed by atoms with Crippen molar-refractivity contribution in [3.8, 4) is 0 Å². The van der Waals surface area contributed by atoms with Crippen LogP contribution >= 0.6 is 23.7 Å². The summed E-state index contributed by atoms with van der Waals surface area (Å²) < 4.78 is 15.6. The largest absolute Gasteiger partial charge is 0.351 e. The molecule has 0 saturated carbocycles. The number of primary amides is 1. The van der Waals surface area contributed by atoms with Crippen molar-refractivity contribution in [1.82, 2.24) is 4.72 Å². The standard InChI is InChI=1S/C16H17FN2OS2/c17-14-8-6-13(7-9-14)15(12-4-2-1-3-5-12)21-10-11-22-19-16(18)20/h1-9,15H,10-11H2,(H3,18,19,20). The number of thioether (sulfide) groups is 1. The Balaban J connectivity index is 2.03. The van der Waals surface area contributed by atoms with Gasteiger partial charge in [-0.1, -0.05) is 42.5 Å². The van der Waals surface area contributed by atoms with E-state index < -0.39 is 6.03 Å². The van der Waals surface area contributed by atoms with Crippen LogP contribution in [0.15, 0.2) is 54.6 Å². The highest BCUT2D eigenvalue weighted by Gasteiger charge is 2.14. The van der Waals surface area contributed by atoms with E-state index in [9.17, 15) is 9.18 Å². The van der Waals surface area contributed by atoms with Crippen molar-refractivity contribution in [2.45, 2.75) is 5.25 Å². The van der Waals surface area contributed by atoms with Crippen molar-refractivity contribution in [3.05, 3.63) is 71.5 Å². The molecule has 2 rings (SSSR count). The molecule has 0 aliphatic rings. The van der Waals surface area contributed by atoms with Crippen LogP contribution in [0.4, 0.5) is 9.18 Å². The minimum absolute atomic E-state index is 0.135. The number of benzene rings is 2. The number of halogens is 1. The lowest BCUT2D eigenvalue weighted by Crippen LogP contribution is -2.23. The SMILES string of the molecule is NC(=O)NSCCSC(c1ccccc1)c1ccc(F)cc1. The molecule has 1 atom stereocenters. The van der Waals surface area contributed by atoms with Crippen molar-refractivity contribution in [3.63, 3.8) is 0 Å². The van der Waals surface area contributed by atoms with Gasteiger partial charge in [-0.3, -0.25) is 4.72 Å². The van der Waals surface area contributed by atoms with Gasteiger partial charge in [0, 0.05) is 11.5 Å². The third-order valence-electron chi connectivity index (χ3n) is 2.92. The molecule has 3 nitrogen and oxygen atoms in total. The Morgan fingerprint density at radius 1 is 1.05 bits per heavy atom. The van der Waals surface area contributed by atoms with E-state index in [0.717, 1.165) is 17.1 Å². The molecule has 0 heterocycles. The minimum Gasteiger partial charge on any atom is -0.351 e. The van der Waals surface area contributed by atoms with Gasteiger partial charge in [0.05, 0.1) is 5.25 Å². The molecular formula is C16H17FN2OS2. The summed E-state index contributed by atoms with van der Waals surface area (Å²) in [5, 5.41) is 0.135. The topological polar surface area (TPSA) is 55.1 Å². The summed E-state index contributed by atoms with van der Waals surface area (Å²) in [4.78, 5) is 10.6. The lowest BCUT2D eigenvalue weighted by molar-refractivity contribution is 0.254. The van der Waals surface area contributed by atoms with E-state index >= 15 is 0 Å². The molecule has 2 aromatic rings. The van der Waals surface area contributed by atoms with Crippen molar-refractivity contribution < 1.29 is 9.18 Å². The van der Waals surface area contributed by atoms with Crippen molar-refractivity contribution in [2.75, 3.05) is 11.5 Å². The van der Waals surface area contributed by atoms with Crippen LogP contribution in [0, 0.1) is 5.82 Å². The average molecular weight is 336 g/mol. The van der Waals surface area contributed by atoms with Crippen molar-refractivity contribution >= 4 is 29.7 Å². The highest BCUT2D eigenvalue weighted by Crippen LogP contribution is 2.35. The third kappa shape index (κ3) is 5.27. The van der Waals surface area contributed by atoms with Gasteiger partial charge < -0.3 is 5.73 Å². The fraction of sp³-hybridized carbons (Fsp3) is 0.188. The number of hydrogen-bond acceptors (Lipinski definition) is 3. The Kier molecular flexibility index (Phi) is 6.61. The predicted molar refractivity (Wildman–Crippen MR) is 92.3 cm³/mol. The zero-order valence-electron chi connectivity index (χ0n) is 11.9. The molecule has 116 valence electrons. The number of hydrogen-bond donors (Lipinski definition) is 2. The lowest BCUT2D eigenvalue weighted by atomic mass is 10.0. The van der Waals surface area contributed by atoms with Gasteiger partial charge in [-0.25, -0.2) is 9.18 Å². The first kappa shape index (κ1) is 16.7. The van der Waals surface area contributed by atoms with E-state index in [4.69, 9.17) is 5.73 Å². The number of nitrogens with two attached hydrogens (primary N) is 1. The highest BCUT2D eigenvalue weighted by atomic mass is 32.2. The van der Waals surface area contributed by atoms with Gasteiger partial charge in [0.1, 0.15) is 5.82 Å². The zero-order chi connectivity index (χ0) is 15.8. The molecule has 0 aliphatic carbocycles. The number of carbonyl (C=O) groups is 1. The van der Waals surface area contributed by atoms with Crippen LogP contribution in [0.2, 0.25) is 0 Å². The number of carbonyl (C=O) groups excluding carboxylic acids is 1. The molecule has 6 heteroatoms. The smallest absolute Gasteiger partial charge is 0.322 e. The molecule has 1 unspecified atom stereocenters. The van der Waals surface area contributed by atoms with Crippen LogP contribution in [-0.4, -0.2) is 17.5 Å². The average Bonchev–Trinajstić information content (AvgIpc) is 2.53. The third-order valence-corrected chi connectivity index (χ3v) is 5.25. The van der Waals surface area contributed by atoms with E-state index in [2.05, 4.69) is 16.9 Å². The second-order valence-electron chi connectivity index (χ2n) is 4.53. The Hall–Kier alpha value is -1.66. The van der Waals surface area contributed by atoms with Gasteiger partial charge in [0.15, 0.2) is 0 Å². The Morgan fingerprint density at radius 2 is 1.68 bits per heavy atom. The maximum Gasteiger partial charge on any atom is 0.322 e. The molecule has 0 aromatic heterocycles. The molecular weight excluding hydrogens is 319 g/mol. The normalized spacial score (nSPS) is 11.9. The molecule has 3 N–H and O–H groups in total. The van der Waals surface area contributed by atoms with Gasteiger partial charge in [-0.05, 0) is 35.2 Å². The summed E-state index contributed by atoms with van der Waals surface area (Å²) in [6.45, 7) is 0. The van der Waals surface area contributed by atoms with E-state index in [-0.39, 0.29) is 11.1 Å². The second-order valence-corrected chi connectivity index (χ2v) is 6.64. The van der Waals surface area contributed by atoms with E-state index in [0.29, 0.717) is 0 Å². The summed E-state index contributed by atoms with van der Waals surface area (Å²) >= 11 is 3.04. The predicted octanol–water partition coefficient (Wildman–Crippen LogP) is 3.96. The Labute approximate surface area is 138 Å². The summed E-state index contributed by atoms with van der Waals surface area (Å²) in [7, 11) is 0. The van der Waals surface area contributed by atoms with Crippen molar-refractivity contribution in [1.29, 1.82) is 0 Å². The summed E-state index contributed by atoms with van der Waals surface area (Å²) in [6, 6.07) is 16.2. The van der Waals surface area contributed by atoms with Gasteiger partial charge >= 0.3 is 6.03 Å². The summed E-state index contributed by atoms with van der Waals surface area (Å²) in [6.07, 6.45) is 0. The van der Waals surface area contributed by atoms with Gasteiger partial charge in [-0.15, -0.1) is 11.8 Å². The molecule has 2 aromatic carbocycles. The number of nitrogens with one attached hydrogen (secondary N) is 1. The molecule has 0 saturated heterocycles. The number of amides is 2. The van der Waals surface area contributed by atoms with Crippen LogP contribution in [0.5, 0.6) is 0 Å². The highest BCUT2D eigenvalue weighted by molar-refractivity contribution is 8.02. The lowest BCUT2D eigenvalue weighted by Gasteiger charge is -2.17. The molecule has 0 spiro atoms. The van der Waals surface area contributed by atoms with Gasteiger partial charge in [-0.2, -0.15) is 0 Å². The zero-order valence-corrected chi connectivity index (χ0v) is 13.5. The maximum atomic E-state index is 13.1. The molecule has 22 heavy (non-hydrogen) atoms. The minimum atomic E-state index is -0.534. The van der Waals surface area contributed by atoms with E-state index in [1.807, 2.05) is 30.3 Å². The van der Waals surface area contributed by atoms with Gasteiger partial charge in [0.25, 0.3) is 0 Å². The molecule has 0 aliphatic heterocycles. The van der Waals surface area contributed by atoms with Crippen LogP contribution in [-0.2, 0) is 0 Å². The summed E-state index contributed by atoms with van der Waals surface area (Å²) in [5.41, 5.74) is 7.25. The van der Waals surface area contributed by atoms with E-state index in [1.54, 1.807) is 11.8 Å². The molecule has 2 amide bonds. The maximum absolute atomic E-state index is 13.1. The van der Waals surface area contributed by atoms with Crippen LogP contribution in [0.1, 0.15) is 16.4 Å². The van der Waals surface area contributed by atoms with Crippen LogP contribution in [0.25, 0.3) is 0 Å². The fourth-order valence-electron chi connectivity index (χ4n) is 1.98. The molecule has 0 fully saturated rings. The van der Waals surface area contributed by atoms with Crippen LogP contribution in [0.3, 0.4) is 0 Å². The van der Waals surface area contributed by atoms with Crippen LogP contribution < -0.4 is 10.5 Å². The first-order chi connectivity index (χ1) is 10.7. The molecule has 0 bridgehead atoms. The van der Waals surface area contributed by atoms with Crippen molar-refractivity contribution in [2.24, 2.45) is 5.73 Å².